The highest BCUT2D eigenvalue weighted by Crippen LogP contribution is 2.22. The molecule has 0 radical (unpaired) electrons. The summed E-state index contributed by atoms with van der Waals surface area (Å²) in [4.78, 5) is 25.6. The van der Waals surface area contributed by atoms with Crippen LogP contribution in [0.2, 0.25) is 0 Å². The third kappa shape index (κ3) is 3.12. The second-order valence-corrected chi connectivity index (χ2v) is 4.44. The van der Waals surface area contributed by atoms with Gasteiger partial charge in [-0.25, -0.2) is 4.79 Å². The third-order valence-electron chi connectivity index (χ3n) is 3.16. The number of hydrogen-bond donors (Lipinski definition) is 1. The first-order chi connectivity index (χ1) is 9.24. The molecule has 1 amide bonds. The number of nitrogens with zero attached hydrogens (tertiary/aromatic N) is 1. The van der Waals surface area contributed by atoms with Crippen molar-refractivity contribution in [2.75, 3.05) is 31.6 Å². The van der Waals surface area contributed by atoms with Crippen molar-refractivity contribution in [3.8, 4) is 0 Å². The Kier molecular flexibility index (Phi) is 4.52. The number of carbonyl (C=O) groups is 2. The summed E-state index contributed by atoms with van der Waals surface area (Å²) in [6.07, 6.45) is 1.93. The van der Waals surface area contributed by atoms with E-state index < -0.39 is 5.97 Å². The van der Waals surface area contributed by atoms with Crippen molar-refractivity contribution < 1.29 is 14.3 Å². The van der Waals surface area contributed by atoms with Gasteiger partial charge in [-0.2, -0.15) is 0 Å². The summed E-state index contributed by atoms with van der Waals surface area (Å²) in [6, 6.07) is 7.05. The number of benzene rings is 1. The highest BCUT2D eigenvalue weighted by molar-refractivity contribution is 6.03. The summed E-state index contributed by atoms with van der Waals surface area (Å²) >= 11 is 0. The number of carbonyl (C=O) groups excluding carboxylic acids is 2. The number of methoxy groups -OCH3 is 1. The van der Waals surface area contributed by atoms with Crippen molar-refractivity contribution in [2.24, 2.45) is 0 Å². The second-order valence-electron chi connectivity index (χ2n) is 4.44. The minimum absolute atomic E-state index is 0.0175. The quantitative estimate of drug-likeness (QED) is 0.813. The molecule has 1 aromatic carbocycles. The van der Waals surface area contributed by atoms with E-state index in [1.165, 1.54) is 7.11 Å². The molecular formula is C14H18N2O3. The average Bonchev–Trinajstić information content (AvgIpc) is 2.43. The van der Waals surface area contributed by atoms with Crippen molar-refractivity contribution in [3.63, 3.8) is 0 Å². The van der Waals surface area contributed by atoms with Gasteiger partial charge < -0.3 is 15.0 Å². The predicted molar refractivity (Wildman–Crippen MR) is 72.2 cm³/mol. The van der Waals surface area contributed by atoms with Crippen LogP contribution in [-0.2, 0) is 9.53 Å². The molecule has 1 aliphatic heterocycles. The number of esters is 1. The van der Waals surface area contributed by atoms with E-state index in [4.69, 9.17) is 4.74 Å². The minimum Gasteiger partial charge on any atom is -0.465 e. The Labute approximate surface area is 112 Å². The molecule has 5 heteroatoms. The lowest BCUT2D eigenvalue weighted by Crippen LogP contribution is -2.42. The van der Waals surface area contributed by atoms with Gasteiger partial charge in [0.25, 0.3) is 0 Å². The predicted octanol–water partition coefficient (Wildman–Crippen LogP) is 1.19. The highest BCUT2D eigenvalue weighted by atomic mass is 16.5. The molecule has 1 saturated heterocycles. The molecule has 1 N–H and O–H groups in total. The van der Waals surface area contributed by atoms with Gasteiger partial charge in [0.1, 0.15) is 0 Å². The molecule has 1 aromatic rings. The molecule has 0 unspecified atom stereocenters. The van der Waals surface area contributed by atoms with Crippen LogP contribution in [-0.4, -0.2) is 38.6 Å². The van der Waals surface area contributed by atoms with Crippen molar-refractivity contribution in [1.82, 2.24) is 5.32 Å². The lowest BCUT2D eigenvalue weighted by molar-refractivity contribution is -0.118. The Morgan fingerprint density at radius 1 is 1.32 bits per heavy atom. The first-order valence-electron chi connectivity index (χ1n) is 6.42. The Balaban J connectivity index is 2.32. The van der Waals surface area contributed by atoms with Crippen LogP contribution in [0.15, 0.2) is 24.3 Å². The molecule has 1 fully saturated rings. The molecule has 0 atom stereocenters. The van der Waals surface area contributed by atoms with Crippen LogP contribution in [0.25, 0.3) is 0 Å². The maximum absolute atomic E-state index is 12.1. The maximum atomic E-state index is 12.1. The molecule has 2 rings (SSSR count). The molecule has 0 saturated carbocycles. The molecule has 0 spiro atoms. The van der Waals surface area contributed by atoms with Gasteiger partial charge in [0.2, 0.25) is 5.91 Å². The second kappa shape index (κ2) is 6.33. The van der Waals surface area contributed by atoms with Crippen molar-refractivity contribution in [1.29, 1.82) is 0 Å². The normalized spacial score (nSPS) is 16.7. The molecule has 5 nitrogen and oxygen atoms in total. The Bertz CT molecular complexity index is 474. The molecule has 0 aliphatic carbocycles. The zero-order valence-corrected chi connectivity index (χ0v) is 11.0. The monoisotopic (exact) mass is 262 g/mol. The summed E-state index contributed by atoms with van der Waals surface area (Å²) in [7, 11) is 1.34. The first-order valence-corrected chi connectivity index (χ1v) is 6.42. The first kappa shape index (κ1) is 13.5. The van der Waals surface area contributed by atoms with E-state index in [1.807, 2.05) is 6.07 Å². The number of ether oxygens (including phenoxy) is 1. The van der Waals surface area contributed by atoms with Crippen LogP contribution >= 0.6 is 0 Å². The number of rotatable bonds is 2. The summed E-state index contributed by atoms with van der Waals surface area (Å²) in [5, 5.41) is 3.09. The lowest BCUT2D eigenvalue weighted by Gasteiger charge is -2.26. The zero-order chi connectivity index (χ0) is 13.7. The van der Waals surface area contributed by atoms with E-state index in [0.717, 1.165) is 19.4 Å². The number of hydrogen-bond acceptors (Lipinski definition) is 4. The fourth-order valence-corrected chi connectivity index (χ4v) is 2.18. The topological polar surface area (TPSA) is 58.6 Å². The Morgan fingerprint density at radius 3 is 2.89 bits per heavy atom. The van der Waals surface area contributed by atoms with Crippen LogP contribution in [0.5, 0.6) is 0 Å². The third-order valence-corrected chi connectivity index (χ3v) is 3.16. The number of anilines is 1. The van der Waals surface area contributed by atoms with E-state index >= 15 is 0 Å². The highest BCUT2D eigenvalue weighted by Gasteiger charge is 2.22. The number of amides is 1. The van der Waals surface area contributed by atoms with Crippen LogP contribution < -0.4 is 10.2 Å². The van der Waals surface area contributed by atoms with Crippen LogP contribution in [0, 0.1) is 0 Å². The van der Waals surface area contributed by atoms with Gasteiger partial charge in [0, 0.05) is 6.54 Å². The van der Waals surface area contributed by atoms with Crippen molar-refractivity contribution in [2.45, 2.75) is 12.8 Å². The molecule has 0 aromatic heterocycles. The maximum Gasteiger partial charge on any atom is 0.339 e. The Morgan fingerprint density at radius 2 is 2.11 bits per heavy atom. The van der Waals surface area contributed by atoms with Crippen LogP contribution in [0.1, 0.15) is 23.2 Å². The van der Waals surface area contributed by atoms with E-state index in [1.54, 1.807) is 23.1 Å². The zero-order valence-electron chi connectivity index (χ0n) is 11.0. The summed E-state index contributed by atoms with van der Waals surface area (Å²) in [5.74, 6) is -0.436. The summed E-state index contributed by atoms with van der Waals surface area (Å²) in [5.41, 5.74) is 1.06. The smallest absolute Gasteiger partial charge is 0.339 e. The van der Waals surface area contributed by atoms with Gasteiger partial charge >= 0.3 is 5.97 Å². The van der Waals surface area contributed by atoms with Gasteiger partial charge in [-0.15, -0.1) is 0 Å². The fourth-order valence-electron chi connectivity index (χ4n) is 2.18. The molecule has 1 aliphatic rings. The van der Waals surface area contributed by atoms with Gasteiger partial charge in [-0.3, -0.25) is 4.79 Å². The van der Waals surface area contributed by atoms with Gasteiger partial charge in [-0.05, 0) is 31.5 Å². The van der Waals surface area contributed by atoms with E-state index in [0.29, 0.717) is 24.3 Å². The van der Waals surface area contributed by atoms with Gasteiger partial charge in [0.15, 0.2) is 0 Å². The molecular weight excluding hydrogens is 244 g/mol. The number of para-hydroxylation sites is 1. The average molecular weight is 262 g/mol. The lowest BCUT2D eigenvalue weighted by atomic mass is 10.1. The molecule has 19 heavy (non-hydrogen) atoms. The Hall–Kier alpha value is -1.88. The molecule has 1 heterocycles. The van der Waals surface area contributed by atoms with Crippen LogP contribution in [0.4, 0.5) is 5.69 Å². The summed E-state index contributed by atoms with van der Waals surface area (Å²) in [6.45, 7) is 1.79. The van der Waals surface area contributed by atoms with E-state index in [2.05, 4.69) is 5.32 Å². The largest absolute Gasteiger partial charge is 0.465 e. The van der Waals surface area contributed by atoms with Gasteiger partial charge in [0.05, 0.1) is 24.9 Å². The molecule has 102 valence electrons. The molecule has 0 bridgehead atoms. The summed E-state index contributed by atoms with van der Waals surface area (Å²) < 4.78 is 4.77. The SMILES string of the molecule is COC(=O)c1ccccc1N1CCCCNCC1=O. The van der Waals surface area contributed by atoms with Gasteiger partial charge in [-0.1, -0.05) is 12.1 Å². The van der Waals surface area contributed by atoms with Crippen molar-refractivity contribution in [3.05, 3.63) is 29.8 Å². The van der Waals surface area contributed by atoms with E-state index in [-0.39, 0.29) is 5.91 Å². The van der Waals surface area contributed by atoms with Crippen LogP contribution in [0.3, 0.4) is 0 Å². The fraction of sp³-hybridized carbons (Fsp3) is 0.429. The minimum atomic E-state index is -0.418. The standard InChI is InChI=1S/C14H18N2O3/c1-19-14(18)11-6-2-3-7-12(11)16-9-5-4-8-15-10-13(16)17/h2-3,6-7,15H,4-5,8-10H2,1H3. The van der Waals surface area contributed by atoms with E-state index in [9.17, 15) is 9.59 Å². The van der Waals surface area contributed by atoms with Crippen molar-refractivity contribution >= 4 is 17.6 Å². The number of nitrogens with one attached hydrogen (secondary N) is 1.